The van der Waals surface area contributed by atoms with Crippen molar-refractivity contribution in [2.45, 2.75) is 25.4 Å². The lowest BCUT2D eigenvalue weighted by molar-refractivity contribution is -0.117. The molecule has 0 bridgehead atoms. The summed E-state index contributed by atoms with van der Waals surface area (Å²) in [7, 11) is 0. The van der Waals surface area contributed by atoms with Crippen LogP contribution in [0.2, 0.25) is 0 Å². The Morgan fingerprint density at radius 1 is 1.18 bits per heavy atom. The molecule has 2 atom stereocenters. The molecule has 2 aromatic rings. The number of hydrazine groups is 1. The number of benzene rings is 2. The first-order valence-corrected chi connectivity index (χ1v) is 7.26. The van der Waals surface area contributed by atoms with E-state index in [-0.39, 0.29) is 23.8 Å². The largest absolute Gasteiger partial charge is 0.325 e. The Bertz CT molecular complexity index is 672. The molecule has 1 aliphatic rings. The number of carbonyl (C=O) groups is 1. The van der Waals surface area contributed by atoms with Gasteiger partial charge in [0.15, 0.2) is 0 Å². The number of aryl methyl sites for hydroxylation is 1. The van der Waals surface area contributed by atoms with Gasteiger partial charge in [0.1, 0.15) is 11.9 Å². The van der Waals surface area contributed by atoms with E-state index in [0.717, 1.165) is 16.8 Å². The molecule has 5 heteroatoms. The van der Waals surface area contributed by atoms with Crippen molar-refractivity contribution < 1.29 is 9.18 Å². The van der Waals surface area contributed by atoms with E-state index in [1.165, 1.54) is 12.1 Å². The van der Waals surface area contributed by atoms with Gasteiger partial charge in [-0.15, -0.1) is 0 Å². The summed E-state index contributed by atoms with van der Waals surface area (Å²) in [4.78, 5) is 12.3. The summed E-state index contributed by atoms with van der Waals surface area (Å²) in [5.41, 5.74) is 8.93. The van der Waals surface area contributed by atoms with Crippen molar-refractivity contribution in [3.05, 3.63) is 65.5 Å². The summed E-state index contributed by atoms with van der Waals surface area (Å²) >= 11 is 0. The average molecular weight is 299 g/mol. The van der Waals surface area contributed by atoms with Gasteiger partial charge in [0, 0.05) is 11.7 Å². The first-order valence-electron chi connectivity index (χ1n) is 7.26. The molecule has 1 heterocycles. The molecule has 2 unspecified atom stereocenters. The summed E-state index contributed by atoms with van der Waals surface area (Å²) < 4.78 is 13.0. The predicted octanol–water partition coefficient (Wildman–Crippen LogP) is 2.68. The van der Waals surface area contributed by atoms with E-state index < -0.39 is 0 Å². The van der Waals surface area contributed by atoms with Crippen molar-refractivity contribution in [3.63, 3.8) is 0 Å². The molecule has 4 nitrogen and oxygen atoms in total. The molecule has 1 amide bonds. The molecular formula is C17H18FN3O. The monoisotopic (exact) mass is 299 g/mol. The highest BCUT2D eigenvalue weighted by Crippen LogP contribution is 2.23. The lowest BCUT2D eigenvalue weighted by Gasteiger charge is -2.11. The molecule has 2 aromatic carbocycles. The average Bonchev–Trinajstić information content (AvgIpc) is 2.98. The zero-order valence-corrected chi connectivity index (χ0v) is 12.3. The van der Waals surface area contributed by atoms with Gasteiger partial charge >= 0.3 is 0 Å². The number of nitrogens with one attached hydrogen (secondary N) is 3. The first-order chi connectivity index (χ1) is 10.6. The van der Waals surface area contributed by atoms with Gasteiger partial charge in [0.25, 0.3) is 0 Å². The fourth-order valence-electron chi connectivity index (χ4n) is 2.59. The molecule has 1 aliphatic heterocycles. The first kappa shape index (κ1) is 14.7. The number of hydrogen-bond acceptors (Lipinski definition) is 3. The molecule has 3 rings (SSSR count). The van der Waals surface area contributed by atoms with Crippen LogP contribution in [0, 0.1) is 12.7 Å². The minimum atomic E-state index is -0.324. The fourth-order valence-corrected chi connectivity index (χ4v) is 2.59. The highest BCUT2D eigenvalue weighted by atomic mass is 19.1. The Morgan fingerprint density at radius 2 is 1.95 bits per heavy atom. The summed E-state index contributed by atoms with van der Waals surface area (Å²) in [5, 5.41) is 2.90. The smallest absolute Gasteiger partial charge is 0.242 e. The maximum atomic E-state index is 13.0. The van der Waals surface area contributed by atoms with Crippen molar-refractivity contribution in [1.29, 1.82) is 0 Å². The van der Waals surface area contributed by atoms with Crippen molar-refractivity contribution in [2.75, 3.05) is 5.32 Å². The van der Waals surface area contributed by atoms with Gasteiger partial charge in [-0.3, -0.25) is 4.79 Å². The van der Waals surface area contributed by atoms with Crippen molar-refractivity contribution in [3.8, 4) is 0 Å². The van der Waals surface area contributed by atoms with Crippen LogP contribution < -0.4 is 16.2 Å². The molecule has 3 N–H and O–H groups in total. The lowest BCUT2D eigenvalue weighted by Crippen LogP contribution is -2.39. The Hall–Kier alpha value is -2.24. The minimum absolute atomic E-state index is 0.00569. The fraction of sp³-hybridized carbons (Fsp3) is 0.235. The topological polar surface area (TPSA) is 53.2 Å². The van der Waals surface area contributed by atoms with Crippen LogP contribution in [-0.4, -0.2) is 11.9 Å². The third-order valence-electron chi connectivity index (χ3n) is 3.78. The van der Waals surface area contributed by atoms with Crippen LogP contribution >= 0.6 is 0 Å². The molecule has 0 saturated carbocycles. The Kier molecular flexibility index (Phi) is 4.18. The van der Waals surface area contributed by atoms with Crippen LogP contribution in [0.25, 0.3) is 0 Å². The molecule has 0 spiro atoms. The normalized spacial score (nSPS) is 20.8. The second kappa shape index (κ2) is 6.25. The van der Waals surface area contributed by atoms with Crippen molar-refractivity contribution in [1.82, 2.24) is 10.9 Å². The van der Waals surface area contributed by atoms with Gasteiger partial charge in [-0.1, -0.05) is 24.3 Å². The van der Waals surface area contributed by atoms with E-state index >= 15 is 0 Å². The number of hydrogen-bond donors (Lipinski definition) is 3. The molecular weight excluding hydrogens is 281 g/mol. The highest BCUT2D eigenvalue weighted by Gasteiger charge is 2.30. The van der Waals surface area contributed by atoms with Gasteiger partial charge in [0.2, 0.25) is 5.91 Å². The lowest BCUT2D eigenvalue weighted by atomic mass is 10.0. The van der Waals surface area contributed by atoms with Crippen molar-refractivity contribution in [2.24, 2.45) is 0 Å². The van der Waals surface area contributed by atoms with Crippen LogP contribution in [0.15, 0.2) is 48.5 Å². The van der Waals surface area contributed by atoms with Gasteiger partial charge < -0.3 is 5.32 Å². The van der Waals surface area contributed by atoms with E-state index in [1.54, 1.807) is 12.1 Å². The van der Waals surface area contributed by atoms with Gasteiger partial charge in [-0.2, -0.15) is 0 Å². The molecule has 0 aliphatic carbocycles. The zero-order valence-electron chi connectivity index (χ0n) is 12.3. The molecule has 1 saturated heterocycles. The second-order valence-corrected chi connectivity index (χ2v) is 5.54. The van der Waals surface area contributed by atoms with E-state index in [9.17, 15) is 9.18 Å². The quantitative estimate of drug-likeness (QED) is 0.817. The third kappa shape index (κ3) is 3.32. The van der Waals surface area contributed by atoms with Crippen LogP contribution in [0.5, 0.6) is 0 Å². The van der Waals surface area contributed by atoms with Gasteiger partial charge in [-0.25, -0.2) is 15.2 Å². The number of anilines is 1. The van der Waals surface area contributed by atoms with E-state index in [1.807, 2.05) is 31.2 Å². The maximum absolute atomic E-state index is 13.0. The number of halogens is 1. The summed E-state index contributed by atoms with van der Waals surface area (Å²) in [6, 6.07) is 13.7. The predicted molar refractivity (Wildman–Crippen MR) is 83.6 cm³/mol. The summed E-state index contributed by atoms with van der Waals surface area (Å²) in [6.45, 7) is 1.98. The maximum Gasteiger partial charge on any atom is 0.242 e. The number of amides is 1. The van der Waals surface area contributed by atoms with Crippen LogP contribution in [0.4, 0.5) is 10.1 Å². The van der Waals surface area contributed by atoms with Crippen LogP contribution in [0.3, 0.4) is 0 Å². The van der Waals surface area contributed by atoms with Gasteiger partial charge in [-0.05, 0) is 48.7 Å². The Morgan fingerprint density at radius 3 is 2.68 bits per heavy atom. The summed E-state index contributed by atoms with van der Waals surface area (Å²) in [6.07, 6.45) is 0.614. The van der Waals surface area contributed by atoms with Crippen molar-refractivity contribution >= 4 is 11.6 Å². The summed E-state index contributed by atoms with van der Waals surface area (Å²) in [5.74, 6) is -0.342. The van der Waals surface area contributed by atoms with Gasteiger partial charge in [0.05, 0.1) is 0 Å². The zero-order chi connectivity index (χ0) is 15.5. The minimum Gasteiger partial charge on any atom is -0.325 e. The van der Waals surface area contributed by atoms with E-state index in [0.29, 0.717) is 6.42 Å². The van der Waals surface area contributed by atoms with E-state index in [4.69, 9.17) is 0 Å². The molecule has 114 valence electrons. The number of carbonyl (C=O) groups excluding carboxylic acids is 1. The molecule has 0 radical (unpaired) electrons. The molecule has 1 fully saturated rings. The molecule has 0 aromatic heterocycles. The number of rotatable bonds is 3. The Labute approximate surface area is 128 Å². The highest BCUT2D eigenvalue weighted by molar-refractivity contribution is 5.95. The molecule has 22 heavy (non-hydrogen) atoms. The van der Waals surface area contributed by atoms with E-state index in [2.05, 4.69) is 16.2 Å². The van der Waals surface area contributed by atoms with Crippen LogP contribution in [-0.2, 0) is 4.79 Å². The SMILES string of the molecule is Cc1cccc(NC(=O)C2CC(c3ccc(F)cc3)NN2)c1. The third-order valence-corrected chi connectivity index (χ3v) is 3.78. The van der Waals surface area contributed by atoms with Crippen LogP contribution in [0.1, 0.15) is 23.6 Å². The second-order valence-electron chi connectivity index (χ2n) is 5.54. The standard InChI is InChI=1S/C17H18FN3O/c1-11-3-2-4-14(9-11)19-17(22)16-10-15(20-21-16)12-5-7-13(18)8-6-12/h2-9,15-16,20-21H,10H2,1H3,(H,19,22). The Balaban J connectivity index is 1.62.